The Labute approximate surface area is 173 Å². The summed E-state index contributed by atoms with van der Waals surface area (Å²) in [5.41, 5.74) is 2.43. The van der Waals surface area contributed by atoms with Crippen LogP contribution in [-0.2, 0) is 6.54 Å². The van der Waals surface area contributed by atoms with E-state index >= 15 is 0 Å². The van der Waals surface area contributed by atoms with E-state index in [1.54, 1.807) is 14.2 Å². The van der Waals surface area contributed by atoms with Crippen molar-refractivity contribution in [1.29, 1.82) is 0 Å². The second kappa shape index (κ2) is 11.7. The first-order valence-corrected chi connectivity index (χ1v) is 8.43. The molecule has 1 unspecified atom stereocenters. The maximum Gasteiger partial charge on any atom is 0.191 e. The van der Waals surface area contributed by atoms with Gasteiger partial charge in [-0.2, -0.15) is 0 Å². The first kappa shape index (κ1) is 22.2. The van der Waals surface area contributed by atoms with Crippen molar-refractivity contribution in [1.82, 2.24) is 15.5 Å². The summed E-state index contributed by atoms with van der Waals surface area (Å²) in [5.74, 6) is 1.64. The monoisotopic (exact) mass is 468 g/mol. The largest absolute Gasteiger partial charge is 0.497 e. The van der Waals surface area contributed by atoms with Crippen LogP contribution in [0.3, 0.4) is 0 Å². The highest BCUT2D eigenvalue weighted by molar-refractivity contribution is 14.0. The van der Waals surface area contributed by atoms with E-state index in [0.29, 0.717) is 6.54 Å². The minimum Gasteiger partial charge on any atom is -0.497 e. The predicted octanol–water partition coefficient (Wildman–Crippen LogP) is 3.28. The first-order valence-electron chi connectivity index (χ1n) is 8.43. The molecule has 2 aromatic rings. The van der Waals surface area contributed by atoms with Gasteiger partial charge in [0.25, 0.3) is 0 Å². The zero-order valence-electron chi connectivity index (χ0n) is 15.9. The molecular formula is C20H29IN4O. The Kier molecular flexibility index (Phi) is 10.0. The fraction of sp³-hybridized carbons (Fsp3) is 0.350. The molecule has 0 fully saturated rings. The van der Waals surface area contributed by atoms with Gasteiger partial charge in [-0.3, -0.25) is 4.99 Å². The molecule has 2 rings (SSSR count). The molecule has 0 heterocycles. The molecule has 2 aromatic carbocycles. The molecule has 0 amide bonds. The number of nitrogens with zero attached hydrogens (tertiary/aromatic N) is 2. The number of hydrogen-bond acceptors (Lipinski definition) is 3. The van der Waals surface area contributed by atoms with Gasteiger partial charge >= 0.3 is 0 Å². The molecule has 26 heavy (non-hydrogen) atoms. The Hall–Kier alpha value is -1.80. The van der Waals surface area contributed by atoms with Crippen molar-refractivity contribution >= 4 is 29.9 Å². The van der Waals surface area contributed by atoms with Gasteiger partial charge < -0.3 is 20.3 Å². The summed E-state index contributed by atoms with van der Waals surface area (Å²) < 4.78 is 5.26. The van der Waals surface area contributed by atoms with E-state index in [0.717, 1.165) is 23.8 Å². The van der Waals surface area contributed by atoms with E-state index in [1.165, 1.54) is 5.56 Å². The number of ether oxygens (including phenoxy) is 1. The van der Waals surface area contributed by atoms with Gasteiger partial charge in [0.05, 0.1) is 13.2 Å². The SMILES string of the molecule is CN=C(NCc1cccc(OC)c1)NCC(c1ccccc1)N(C)C.I. The summed E-state index contributed by atoms with van der Waals surface area (Å²) in [4.78, 5) is 6.52. The Morgan fingerprint density at radius 3 is 2.42 bits per heavy atom. The maximum atomic E-state index is 5.26. The van der Waals surface area contributed by atoms with Gasteiger partial charge in [-0.15, -0.1) is 24.0 Å². The molecule has 0 aromatic heterocycles. The van der Waals surface area contributed by atoms with Crippen molar-refractivity contribution in [2.75, 3.05) is 34.8 Å². The molecule has 0 saturated heterocycles. The Balaban J connectivity index is 0.00000338. The lowest BCUT2D eigenvalue weighted by Gasteiger charge is -2.26. The Morgan fingerprint density at radius 1 is 1.08 bits per heavy atom. The van der Waals surface area contributed by atoms with E-state index in [2.05, 4.69) is 65.0 Å². The molecule has 0 saturated carbocycles. The first-order chi connectivity index (χ1) is 12.1. The van der Waals surface area contributed by atoms with Crippen LogP contribution in [0.1, 0.15) is 17.2 Å². The van der Waals surface area contributed by atoms with Crippen molar-refractivity contribution in [2.24, 2.45) is 4.99 Å². The molecule has 0 spiro atoms. The van der Waals surface area contributed by atoms with Crippen LogP contribution in [0.4, 0.5) is 0 Å². The summed E-state index contributed by atoms with van der Waals surface area (Å²) in [6.07, 6.45) is 0. The fourth-order valence-electron chi connectivity index (χ4n) is 2.66. The minimum absolute atomic E-state index is 0. The molecule has 0 aliphatic rings. The molecule has 142 valence electrons. The third-order valence-electron chi connectivity index (χ3n) is 4.09. The topological polar surface area (TPSA) is 48.9 Å². The van der Waals surface area contributed by atoms with Crippen molar-refractivity contribution in [3.63, 3.8) is 0 Å². The number of likely N-dealkylation sites (N-methyl/N-ethyl adjacent to an activating group) is 1. The summed E-state index contributed by atoms with van der Waals surface area (Å²) in [5, 5.41) is 6.76. The number of benzene rings is 2. The standard InChI is InChI=1S/C20H28N4O.HI/c1-21-20(22-14-16-9-8-12-18(13-16)25-4)23-15-19(24(2)3)17-10-6-5-7-11-17;/h5-13,19H,14-15H2,1-4H3,(H2,21,22,23);1H. The van der Waals surface area contributed by atoms with Crippen molar-refractivity contribution in [2.45, 2.75) is 12.6 Å². The highest BCUT2D eigenvalue weighted by Crippen LogP contribution is 2.16. The molecule has 0 radical (unpaired) electrons. The summed E-state index contributed by atoms with van der Waals surface area (Å²) in [6.45, 7) is 1.46. The molecule has 5 nitrogen and oxygen atoms in total. The van der Waals surface area contributed by atoms with Crippen LogP contribution >= 0.6 is 24.0 Å². The van der Waals surface area contributed by atoms with E-state index in [9.17, 15) is 0 Å². The van der Waals surface area contributed by atoms with Gasteiger partial charge in [-0.1, -0.05) is 42.5 Å². The number of guanidine groups is 1. The highest BCUT2D eigenvalue weighted by atomic mass is 127. The summed E-state index contributed by atoms with van der Waals surface area (Å²) in [7, 11) is 7.64. The molecule has 6 heteroatoms. The molecule has 2 N–H and O–H groups in total. The van der Waals surface area contributed by atoms with Crippen LogP contribution in [-0.4, -0.2) is 45.7 Å². The van der Waals surface area contributed by atoms with E-state index in [4.69, 9.17) is 4.74 Å². The van der Waals surface area contributed by atoms with Crippen LogP contribution in [0.25, 0.3) is 0 Å². The van der Waals surface area contributed by atoms with Crippen molar-refractivity contribution < 1.29 is 4.74 Å². The van der Waals surface area contributed by atoms with E-state index in [1.807, 2.05) is 24.3 Å². The molecule has 0 aliphatic heterocycles. The van der Waals surface area contributed by atoms with Gasteiger partial charge in [-0.25, -0.2) is 0 Å². The van der Waals surface area contributed by atoms with Gasteiger partial charge in [0.1, 0.15) is 5.75 Å². The fourth-order valence-corrected chi connectivity index (χ4v) is 2.66. The number of hydrogen-bond donors (Lipinski definition) is 2. The maximum absolute atomic E-state index is 5.26. The predicted molar refractivity (Wildman–Crippen MR) is 119 cm³/mol. The summed E-state index contributed by atoms with van der Waals surface area (Å²) in [6, 6.07) is 18.8. The third kappa shape index (κ3) is 6.84. The lowest BCUT2D eigenvalue weighted by atomic mass is 10.1. The molecule has 0 bridgehead atoms. The van der Waals surface area contributed by atoms with Gasteiger partial charge in [0.2, 0.25) is 0 Å². The van der Waals surface area contributed by atoms with Crippen LogP contribution < -0.4 is 15.4 Å². The van der Waals surface area contributed by atoms with Crippen molar-refractivity contribution in [3.8, 4) is 5.75 Å². The summed E-state index contributed by atoms with van der Waals surface area (Å²) >= 11 is 0. The normalized spacial score (nSPS) is 12.3. The highest BCUT2D eigenvalue weighted by Gasteiger charge is 2.14. The average molecular weight is 468 g/mol. The van der Waals surface area contributed by atoms with Gasteiger partial charge in [0.15, 0.2) is 5.96 Å². The lowest BCUT2D eigenvalue weighted by molar-refractivity contribution is 0.298. The molecular weight excluding hydrogens is 439 g/mol. The quantitative estimate of drug-likeness (QED) is 0.372. The van der Waals surface area contributed by atoms with Crippen molar-refractivity contribution in [3.05, 3.63) is 65.7 Å². The Bertz CT molecular complexity index is 677. The minimum atomic E-state index is 0. The Morgan fingerprint density at radius 2 is 1.81 bits per heavy atom. The van der Waals surface area contributed by atoms with Gasteiger partial charge in [-0.05, 0) is 37.4 Å². The second-order valence-corrected chi connectivity index (χ2v) is 6.05. The zero-order chi connectivity index (χ0) is 18.1. The number of nitrogens with one attached hydrogen (secondary N) is 2. The van der Waals surface area contributed by atoms with Crippen LogP contribution in [0.2, 0.25) is 0 Å². The average Bonchev–Trinajstić information content (AvgIpc) is 2.65. The van der Waals surface area contributed by atoms with Crippen LogP contribution in [0, 0.1) is 0 Å². The lowest BCUT2D eigenvalue weighted by Crippen LogP contribution is -2.41. The number of methoxy groups -OCH3 is 1. The second-order valence-electron chi connectivity index (χ2n) is 6.05. The number of rotatable bonds is 7. The molecule has 0 aliphatic carbocycles. The number of halogens is 1. The van der Waals surface area contributed by atoms with Crippen LogP contribution in [0.5, 0.6) is 5.75 Å². The van der Waals surface area contributed by atoms with E-state index in [-0.39, 0.29) is 30.0 Å². The van der Waals surface area contributed by atoms with Crippen LogP contribution in [0.15, 0.2) is 59.6 Å². The van der Waals surface area contributed by atoms with Gasteiger partial charge in [0, 0.05) is 20.1 Å². The van der Waals surface area contributed by atoms with E-state index < -0.39 is 0 Å². The number of aliphatic imine (C=N–C) groups is 1. The third-order valence-corrected chi connectivity index (χ3v) is 4.09. The smallest absolute Gasteiger partial charge is 0.191 e. The zero-order valence-corrected chi connectivity index (χ0v) is 18.2. The molecule has 1 atom stereocenters.